The lowest BCUT2D eigenvalue weighted by Crippen LogP contribution is -1.95. The van der Waals surface area contributed by atoms with Crippen LogP contribution in [0.3, 0.4) is 0 Å². The van der Waals surface area contributed by atoms with E-state index in [0.29, 0.717) is 12.5 Å². The number of halogens is 2. The summed E-state index contributed by atoms with van der Waals surface area (Å²) in [6, 6.07) is 15.9. The molecule has 2 aromatic carbocycles. The minimum atomic E-state index is 0.508. The Kier molecular flexibility index (Phi) is 4.46. The summed E-state index contributed by atoms with van der Waals surface area (Å²) in [5, 5.41) is 0. The summed E-state index contributed by atoms with van der Waals surface area (Å²) >= 11 is 9.21. The summed E-state index contributed by atoms with van der Waals surface area (Å²) < 4.78 is 6.77. The number of hydrogen-bond acceptors (Lipinski definition) is 1. The van der Waals surface area contributed by atoms with E-state index in [4.69, 9.17) is 16.3 Å². The zero-order valence-corrected chi connectivity index (χ0v) is 11.5. The lowest BCUT2D eigenvalue weighted by atomic mass is 10.2. The fourth-order valence-electron chi connectivity index (χ4n) is 1.51. The highest BCUT2D eigenvalue weighted by molar-refractivity contribution is 9.10. The third kappa shape index (κ3) is 3.76. The number of benzene rings is 2. The molecule has 0 radical (unpaired) electrons. The normalized spacial score (nSPS) is 10.2. The summed E-state index contributed by atoms with van der Waals surface area (Å²) in [6.07, 6.45) is 0. The van der Waals surface area contributed by atoms with E-state index < -0.39 is 0 Å². The van der Waals surface area contributed by atoms with Crippen molar-refractivity contribution in [3.63, 3.8) is 0 Å². The molecule has 0 amide bonds. The van der Waals surface area contributed by atoms with E-state index >= 15 is 0 Å². The maximum absolute atomic E-state index is 5.78. The molecular weight excluding hydrogens is 300 g/mol. The van der Waals surface area contributed by atoms with Crippen molar-refractivity contribution in [1.82, 2.24) is 0 Å². The van der Waals surface area contributed by atoms with Crippen LogP contribution in [-0.4, -0.2) is 0 Å². The van der Waals surface area contributed by atoms with Crippen LogP contribution in [0.25, 0.3) is 0 Å². The third-order valence-corrected chi connectivity index (χ3v) is 3.15. The Morgan fingerprint density at radius 2 is 1.76 bits per heavy atom. The van der Waals surface area contributed by atoms with Gasteiger partial charge in [-0.25, -0.2) is 0 Å². The molecule has 17 heavy (non-hydrogen) atoms. The maximum Gasteiger partial charge on any atom is 0.120 e. The van der Waals surface area contributed by atoms with Gasteiger partial charge in [0, 0.05) is 10.4 Å². The van der Waals surface area contributed by atoms with Crippen molar-refractivity contribution in [1.29, 1.82) is 0 Å². The zero-order valence-electron chi connectivity index (χ0n) is 9.20. The van der Waals surface area contributed by atoms with Gasteiger partial charge in [-0.3, -0.25) is 0 Å². The average molecular weight is 312 g/mol. The Morgan fingerprint density at radius 3 is 2.53 bits per heavy atom. The van der Waals surface area contributed by atoms with E-state index in [0.717, 1.165) is 21.3 Å². The summed E-state index contributed by atoms with van der Waals surface area (Å²) in [6.45, 7) is 0.561. The SMILES string of the molecule is ClCc1cccc(OCc2cccc(Br)c2)c1. The van der Waals surface area contributed by atoms with Gasteiger partial charge < -0.3 is 4.74 Å². The molecule has 88 valence electrons. The van der Waals surface area contributed by atoms with Gasteiger partial charge in [-0.15, -0.1) is 11.6 Å². The largest absolute Gasteiger partial charge is 0.489 e. The number of ether oxygens (including phenoxy) is 1. The van der Waals surface area contributed by atoms with Gasteiger partial charge in [-0.05, 0) is 35.4 Å². The minimum absolute atomic E-state index is 0.508. The van der Waals surface area contributed by atoms with Gasteiger partial charge >= 0.3 is 0 Å². The van der Waals surface area contributed by atoms with E-state index in [1.807, 2.05) is 48.5 Å². The minimum Gasteiger partial charge on any atom is -0.489 e. The van der Waals surface area contributed by atoms with Crippen molar-refractivity contribution >= 4 is 27.5 Å². The van der Waals surface area contributed by atoms with Gasteiger partial charge in [0.1, 0.15) is 12.4 Å². The molecule has 0 fully saturated rings. The van der Waals surface area contributed by atoms with Crippen molar-refractivity contribution < 1.29 is 4.74 Å². The fourth-order valence-corrected chi connectivity index (χ4v) is 2.12. The average Bonchev–Trinajstić information content (AvgIpc) is 2.37. The van der Waals surface area contributed by atoms with Crippen LogP contribution in [0.4, 0.5) is 0 Å². The van der Waals surface area contributed by atoms with Gasteiger partial charge in [0.25, 0.3) is 0 Å². The van der Waals surface area contributed by atoms with Crippen LogP contribution in [-0.2, 0) is 12.5 Å². The first-order chi connectivity index (χ1) is 8.28. The molecule has 0 aromatic heterocycles. The summed E-state index contributed by atoms with van der Waals surface area (Å²) in [5.41, 5.74) is 2.20. The van der Waals surface area contributed by atoms with Crippen LogP contribution >= 0.6 is 27.5 Å². The predicted octanol–water partition coefficient (Wildman–Crippen LogP) is 4.77. The predicted molar refractivity (Wildman–Crippen MR) is 74.5 cm³/mol. The molecule has 0 saturated carbocycles. The van der Waals surface area contributed by atoms with Crippen LogP contribution in [0.1, 0.15) is 11.1 Å². The Balaban J connectivity index is 2.02. The standard InChI is InChI=1S/C14H12BrClO/c15-13-5-1-4-12(7-13)10-17-14-6-2-3-11(8-14)9-16/h1-8H,9-10H2. The molecule has 0 saturated heterocycles. The van der Waals surface area contributed by atoms with Crippen molar-refractivity contribution in [2.24, 2.45) is 0 Å². The van der Waals surface area contributed by atoms with Crippen LogP contribution in [0.5, 0.6) is 5.75 Å². The molecule has 2 aromatic rings. The van der Waals surface area contributed by atoms with Crippen molar-refractivity contribution in [2.75, 3.05) is 0 Å². The van der Waals surface area contributed by atoms with Gasteiger partial charge in [-0.2, -0.15) is 0 Å². The van der Waals surface area contributed by atoms with Gasteiger partial charge in [0.2, 0.25) is 0 Å². The summed E-state index contributed by atoms with van der Waals surface area (Å²) in [7, 11) is 0. The Morgan fingerprint density at radius 1 is 1.00 bits per heavy atom. The van der Waals surface area contributed by atoms with E-state index in [1.54, 1.807) is 0 Å². The fraction of sp³-hybridized carbons (Fsp3) is 0.143. The molecule has 0 spiro atoms. The molecule has 0 aliphatic heterocycles. The molecule has 2 rings (SSSR count). The molecule has 3 heteroatoms. The quantitative estimate of drug-likeness (QED) is 0.739. The second kappa shape index (κ2) is 6.08. The number of rotatable bonds is 4. The van der Waals surface area contributed by atoms with Crippen LogP contribution < -0.4 is 4.74 Å². The van der Waals surface area contributed by atoms with Crippen LogP contribution in [0, 0.1) is 0 Å². The number of hydrogen-bond donors (Lipinski definition) is 0. The highest BCUT2D eigenvalue weighted by Crippen LogP contribution is 2.17. The van der Waals surface area contributed by atoms with Crippen LogP contribution in [0.15, 0.2) is 53.0 Å². The lowest BCUT2D eigenvalue weighted by Gasteiger charge is -2.07. The monoisotopic (exact) mass is 310 g/mol. The molecule has 0 atom stereocenters. The smallest absolute Gasteiger partial charge is 0.120 e. The highest BCUT2D eigenvalue weighted by atomic mass is 79.9. The molecule has 0 bridgehead atoms. The Hall–Kier alpha value is -0.990. The second-order valence-corrected chi connectivity index (χ2v) is 4.88. The first-order valence-corrected chi connectivity index (χ1v) is 6.63. The van der Waals surface area contributed by atoms with Gasteiger partial charge in [0.15, 0.2) is 0 Å². The number of alkyl halides is 1. The molecule has 0 aliphatic carbocycles. The Bertz CT molecular complexity index is 499. The van der Waals surface area contributed by atoms with Crippen LogP contribution in [0.2, 0.25) is 0 Å². The van der Waals surface area contributed by atoms with E-state index in [9.17, 15) is 0 Å². The highest BCUT2D eigenvalue weighted by Gasteiger charge is 1.98. The van der Waals surface area contributed by atoms with E-state index in [1.165, 1.54) is 0 Å². The molecule has 1 nitrogen and oxygen atoms in total. The molecule has 0 N–H and O–H groups in total. The van der Waals surface area contributed by atoms with Crippen molar-refractivity contribution in [3.05, 3.63) is 64.1 Å². The first-order valence-electron chi connectivity index (χ1n) is 5.30. The first kappa shape index (κ1) is 12.5. The third-order valence-electron chi connectivity index (χ3n) is 2.35. The summed E-state index contributed by atoms with van der Waals surface area (Å²) in [5.74, 6) is 1.36. The molecule has 0 aliphatic rings. The Labute approximate surface area is 115 Å². The lowest BCUT2D eigenvalue weighted by molar-refractivity contribution is 0.306. The van der Waals surface area contributed by atoms with Gasteiger partial charge in [0.05, 0.1) is 0 Å². The zero-order chi connectivity index (χ0) is 12.1. The second-order valence-electron chi connectivity index (χ2n) is 3.70. The van der Waals surface area contributed by atoms with E-state index in [-0.39, 0.29) is 0 Å². The summed E-state index contributed by atoms with van der Waals surface area (Å²) in [4.78, 5) is 0. The molecule has 0 unspecified atom stereocenters. The van der Waals surface area contributed by atoms with E-state index in [2.05, 4.69) is 15.9 Å². The molecular formula is C14H12BrClO. The molecule has 0 heterocycles. The van der Waals surface area contributed by atoms with Crippen molar-refractivity contribution in [2.45, 2.75) is 12.5 Å². The maximum atomic E-state index is 5.78. The van der Waals surface area contributed by atoms with Crippen molar-refractivity contribution in [3.8, 4) is 5.75 Å². The van der Waals surface area contributed by atoms with Gasteiger partial charge in [-0.1, -0.05) is 40.2 Å². The topological polar surface area (TPSA) is 9.23 Å².